The number of benzene rings is 1. The lowest BCUT2D eigenvalue weighted by Crippen LogP contribution is -2.39. The molecule has 128 valence electrons. The second-order valence-corrected chi connectivity index (χ2v) is 6.59. The van der Waals surface area contributed by atoms with Gasteiger partial charge in [0.1, 0.15) is 5.75 Å². The van der Waals surface area contributed by atoms with Crippen LogP contribution in [0, 0.1) is 5.92 Å². The SMILES string of the molecule is CNCCC1CCN(C(=O)CC(C)c2ccc(OC)cc2)CC1. The molecule has 0 aromatic heterocycles. The Morgan fingerprint density at radius 2 is 1.96 bits per heavy atom. The Morgan fingerprint density at radius 1 is 1.30 bits per heavy atom. The average molecular weight is 318 g/mol. The number of ether oxygens (including phenoxy) is 1. The summed E-state index contributed by atoms with van der Waals surface area (Å²) in [5, 5.41) is 3.21. The average Bonchev–Trinajstić information content (AvgIpc) is 2.60. The minimum absolute atomic E-state index is 0.246. The molecule has 0 aliphatic carbocycles. The normalized spacial score (nSPS) is 17.1. The fourth-order valence-corrected chi connectivity index (χ4v) is 3.26. The molecule has 2 rings (SSSR count). The summed E-state index contributed by atoms with van der Waals surface area (Å²) in [5.41, 5.74) is 1.20. The first-order chi connectivity index (χ1) is 11.1. The number of hydrogen-bond donors (Lipinski definition) is 1. The Hall–Kier alpha value is -1.55. The number of nitrogens with zero attached hydrogens (tertiary/aromatic N) is 1. The van der Waals surface area contributed by atoms with Gasteiger partial charge < -0.3 is 15.0 Å². The zero-order chi connectivity index (χ0) is 16.7. The first-order valence-corrected chi connectivity index (χ1v) is 8.70. The van der Waals surface area contributed by atoms with E-state index in [1.807, 2.05) is 19.2 Å². The number of carbonyl (C=O) groups is 1. The van der Waals surface area contributed by atoms with Crippen molar-refractivity contribution in [1.82, 2.24) is 10.2 Å². The van der Waals surface area contributed by atoms with Gasteiger partial charge in [-0.05, 0) is 62.4 Å². The predicted octanol–water partition coefficient (Wildman–Crippen LogP) is 3.04. The van der Waals surface area contributed by atoms with Gasteiger partial charge in [-0.3, -0.25) is 4.79 Å². The summed E-state index contributed by atoms with van der Waals surface area (Å²) < 4.78 is 5.18. The number of hydrogen-bond acceptors (Lipinski definition) is 3. The van der Waals surface area contributed by atoms with Gasteiger partial charge in [-0.15, -0.1) is 0 Å². The van der Waals surface area contributed by atoms with Crippen LogP contribution in [0.4, 0.5) is 0 Å². The van der Waals surface area contributed by atoms with Crippen LogP contribution in [-0.2, 0) is 4.79 Å². The van der Waals surface area contributed by atoms with Gasteiger partial charge in [-0.2, -0.15) is 0 Å². The maximum atomic E-state index is 12.5. The number of likely N-dealkylation sites (tertiary alicyclic amines) is 1. The quantitative estimate of drug-likeness (QED) is 0.840. The molecule has 0 spiro atoms. The first-order valence-electron chi connectivity index (χ1n) is 8.70. The molecular formula is C19H30N2O2. The summed E-state index contributed by atoms with van der Waals surface area (Å²) in [7, 11) is 3.67. The predicted molar refractivity (Wildman–Crippen MR) is 93.9 cm³/mol. The third-order valence-corrected chi connectivity index (χ3v) is 4.94. The lowest BCUT2D eigenvalue weighted by molar-refractivity contribution is -0.132. The summed E-state index contributed by atoms with van der Waals surface area (Å²) >= 11 is 0. The highest BCUT2D eigenvalue weighted by Gasteiger charge is 2.23. The van der Waals surface area contributed by atoms with E-state index in [4.69, 9.17) is 4.74 Å². The lowest BCUT2D eigenvalue weighted by Gasteiger charge is -2.32. The lowest BCUT2D eigenvalue weighted by atomic mass is 9.92. The molecule has 4 heteroatoms. The molecule has 1 amide bonds. The van der Waals surface area contributed by atoms with Crippen molar-refractivity contribution >= 4 is 5.91 Å². The largest absolute Gasteiger partial charge is 0.497 e. The molecule has 1 N–H and O–H groups in total. The highest BCUT2D eigenvalue weighted by Crippen LogP contribution is 2.25. The fourth-order valence-electron chi connectivity index (χ4n) is 3.26. The molecule has 1 aliphatic heterocycles. The van der Waals surface area contributed by atoms with Crippen molar-refractivity contribution in [2.75, 3.05) is 33.8 Å². The second-order valence-electron chi connectivity index (χ2n) is 6.59. The summed E-state index contributed by atoms with van der Waals surface area (Å²) in [4.78, 5) is 14.6. The summed E-state index contributed by atoms with van der Waals surface area (Å²) in [6, 6.07) is 8.04. The van der Waals surface area contributed by atoms with E-state index in [9.17, 15) is 4.79 Å². The number of piperidine rings is 1. The molecule has 0 radical (unpaired) electrons. The van der Waals surface area contributed by atoms with Crippen LogP contribution < -0.4 is 10.1 Å². The van der Waals surface area contributed by atoms with Gasteiger partial charge in [0.05, 0.1) is 7.11 Å². The molecule has 1 aliphatic rings. The van der Waals surface area contributed by atoms with Crippen molar-refractivity contribution < 1.29 is 9.53 Å². The van der Waals surface area contributed by atoms with E-state index < -0.39 is 0 Å². The minimum Gasteiger partial charge on any atom is -0.497 e. The van der Waals surface area contributed by atoms with Crippen LogP contribution in [0.25, 0.3) is 0 Å². The van der Waals surface area contributed by atoms with Crippen molar-refractivity contribution in [3.05, 3.63) is 29.8 Å². The van der Waals surface area contributed by atoms with Crippen LogP contribution in [0.1, 0.15) is 44.1 Å². The van der Waals surface area contributed by atoms with E-state index in [0.29, 0.717) is 12.3 Å². The smallest absolute Gasteiger partial charge is 0.223 e. The Labute approximate surface area is 140 Å². The Morgan fingerprint density at radius 3 is 2.52 bits per heavy atom. The third kappa shape index (κ3) is 5.24. The molecule has 1 fully saturated rings. The van der Waals surface area contributed by atoms with E-state index in [0.717, 1.165) is 44.1 Å². The van der Waals surface area contributed by atoms with Crippen LogP contribution in [0.15, 0.2) is 24.3 Å². The highest BCUT2D eigenvalue weighted by atomic mass is 16.5. The number of methoxy groups -OCH3 is 1. The van der Waals surface area contributed by atoms with Crippen LogP contribution in [0.2, 0.25) is 0 Å². The fraction of sp³-hybridized carbons (Fsp3) is 0.632. The van der Waals surface area contributed by atoms with Gasteiger partial charge in [0, 0.05) is 19.5 Å². The molecule has 23 heavy (non-hydrogen) atoms. The molecule has 4 nitrogen and oxygen atoms in total. The Bertz CT molecular complexity index is 479. The van der Waals surface area contributed by atoms with Crippen LogP contribution in [-0.4, -0.2) is 44.6 Å². The van der Waals surface area contributed by atoms with Crippen molar-refractivity contribution in [1.29, 1.82) is 0 Å². The molecular weight excluding hydrogens is 288 g/mol. The highest BCUT2D eigenvalue weighted by molar-refractivity contribution is 5.77. The van der Waals surface area contributed by atoms with E-state index in [-0.39, 0.29) is 5.92 Å². The first kappa shape index (κ1) is 17.8. The molecule has 0 saturated carbocycles. The van der Waals surface area contributed by atoms with Gasteiger partial charge in [0.2, 0.25) is 5.91 Å². The maximum Gasteiger partial charge on any atom is 0.223 e. The third-order valence-electron chi connectivity index (χ3n) is 4.94. The minimum atomic E-state index is 0.246. The summed E-state index contributed by atoms with van der Waals surface area (Å²) in [6.07, 6.45) is 4.10. The van der Waals surface area contributed by atoms with Crippen molar-refractivity contribution in [3.63, 3.8) is 0 Å². The maximum absolute atomic E-state index is 12.5. The van der Waals surface area contributed by atoms with Gasteiger partial charge in [-0.25, -0.2) is 0 Å². The van der Waals surface area contributed by atoms with E-state index >= 15 is 0 Å². The summed E-state index contributed by atoms with van der Waals surface area (Å²) in [6.45, 7) is 5.04. The van der Waals surface area contributed by atoms with E-state index in [1.54, 1.807) is 7.11 Å². The topological polar surface area (TPSA) is 41.6 Å². The zero-order valence-electron chi connectivity index (χ0n) is 14.7. The monoisotopic (exact) mass is 318 g/mol. The van der Waals surface area contributed by atoms with E-state index in [1.165, 1.54) is 12.0 Å². The second kappa shape index (κ2) is 8.92. The molecule has 0 bridgehead atoms. The van der Waals surface area contributed by atoms with Gasteiger partial charge in [-0.1, -0.05) is 19.1 Å². The summed E-state index contributed by atoms with van der Waals surface area (Å²) in [5.74, 6) is 2.16. The molecule has 1 saturated heterocycles. The zero-order valence-corrected chi connectivity index (χ0v) is 14.7. The molecule has 1 atom stereocenters. The molecule has 1 aromatic rings. The molecule has 1 heterocycles. The van der Waals surface area contributed by atoms with Gasteiger partial charge in [0.15, 0.2) is 0 Å². The Kier molecular flexibility index (Phi) is 6.90. The van der Waals surface area contributed by atoms with Crippen molar-refractivity contribution in [2.24, 2.45) is 5.92 Å². The van der Waals surface area contributed by atoms with Crippen molar-refractivity contribution in [2.45, 2.75) is 38.5 Å². The van der Waals surface area contributed by atoms with Gasteiger partial charge in [0.25, 0.3) is 0 Å². The standard InChI is InChI=1S/C19H30N2O2/c1-15(17-4-6-18(23-3)7-5-17)14-19(22)21-12-9-16(10-13-21)8-11-20-2/h4-7,15-16,20H,8-14H2,1-3H3. The number of carbonyl (C=O) groups excluding carboxylic acids is 1. The van der Waals surface area contributed by atoms with Crippen molar-refractivity contribution in [3.8, 4) is 5.75 Å². The van der Waals surface area contributed by atoms with Crippen LogP contribution in [0.3, 0.4) is 0 Å². The molecule has 1 unspecified atom stereocenters. The van der Waals surface area contributed by atoms with Crippen LogP contribution >= 0.6 is 0 Å². The Balaban J connectivity index is 1.79. The van der Waals surface area contributed by atoms with E-state index in [2.05, 4.69) is 29.3 Å². The number of rotatable bonds is 7. The number of nitrogens with one attached hydrogen (secondary N) is 1. The van der Waals surface area contributed by atoms with Gasteiger partial charge >= 0.3 is 0 Å². The van der Waals surface area contributed by atoms with Crippen LogP contribution in [0.5, 0.6) is 5.75 Å². The molecule has 1 aromatic carbocycles. The number of amides is 1.